The molecule has 0 bridgehead atoms. The van der Waals surface area contributed by atoms with Gasteiger partial charge in [-0.1, -0.05) is 25.6 Å². The second-order valence-corrected chi connectivity index (χ2v) is 10.4. The molecule has 2 heterocycles. The number of thioether (sulfide) groups is 1. The van der Waals surface area contributed by atoms with Crippen LogP contribution in [0.2, 0.25) is 0 Å². The first-order chi connectivity index (χ1) is 16.5. The van der Waals surface area contributed by atoms with E-state index in [1.54, 1.807) is 31.2 Å². The van der Waals surface area contributed by atoms with E-state index in [0.29, 0.717) is 17.9 Å². The second-order valence-electron chi connectivity index (χ2n) is 8.49. The minimum atomic E-state index is -0.372. The van der Waals surface area contributed by atoms with Crippen LogP contribution < -0.4 is 5.32 Å². The molecule has 4 rings (SSSR count). The van der Waals surface area contributed by atoms with Crippen molar-refractivity contribution in [3.05, 3.63) is 45.6 Å². The minimum Gasteiger partial charge on any atom is -0.462 e. The molecule has 1 atom stereocenters. The van der Waals surface area contributed by atoms with Crippen molar-refractivity contribution in [2.24, 2.45) is 5.92 Å². The first kappa shape index (κ1) is 24.5. The number of carbonyl (C=O) groups excluding carboxylic acids is 2. The van der Waals surface area contributed by atoms with Crippen LogP contribution in [0.4, 0.5) is 5.69 Å². The van der Waals surface area contributed by atoms with Crippen LogP contribution in [0.15, 0.2) is 34.8 Å². The Morgan fingerprint density at radius 3 is 2.76 bits per heavy atom. The monoisotopic (exact) mass is 498 g/mol. The van der Waals surface area contributed by atoms with Gasteiger partial charge in [-0.15, -0.1) is 21.5 Å². The van der Waals surface area contributed by atoms with Crippen LogP contribution in [0.1, 0.15) is 54.4 Å². The van der Waals surface area contributed by atoms with Crippen LogP contribution >= 0.6 is 23.1 Å². The number of ether oxygens (including phenoxy) is 1. The van der Waals surface area contributed by atoms with E-state index in [1.165, 1.54) is 34.2 Å². The summed E-state index contributed by atoms with van der Waals surface area (Å²) >= 11 is 3.22. The molecule has 9 heteroatoms. The third-order valence-electron chi connectivity index (χ3n) is 5.82. The molecule has 1 unspecified atom stereocenters. The number of amides is 1. The lowest BCUT2D eigenvalue weighted by Crippen LogP contribution is -2.15. The Balaban J connectivity index is 1.42. The van der Waals surface area contributed by atoms with Gasteiger partial charge >= 0.3 is 5.97 Å². The summed E-state index contributed by atoms with van der Waals surface area (Å²) in [6, 6.07) is 6.69. The number of esters is 1. The molecule has 0 radical (unpaired) electrons. The van der Waals surface area contributed by atoms with E-state index in [4.69, 9.17) is 4.74 Å². The molecule has 0 saturated carbocycles. The van der Waals surface area contributed by atoms with Crippen LogP contribution in [-0.4, -0.2) is 39.0 Å². The van der Waals surface area contributed by atoms with Crippen molar-refractivity contribution in [2.75, 3.05) is 17.7 Å². The number of anilines is 1. The van der Waals surface area contributed by atoms with Gasteiger partial charge in [0.1, 0.15) is 0 Å². The molecule has 1 aliphatic carbocycles. The number of nitrogens with one attached hydrogen (secondary N) is 1. The fourth-order valence-corrected chi connectivity index (χ4v) is 6.12. The third kappa shape index (κ3) is 5.52. The molecule has 1 N–H and O–H groups in total. The maximum Gasteiger partial charge on any atom is 0.338 e. The topological polar surface area (TPSA) is 86.1 Å². The Morgan fingerprint density at radius 2 is 2.03 bits per heavy atom. The van der Waals surface area contributed by atoms with Gasteiger partial charge < -0.3 is 14.6 Å². The highest BCUT2D eigenvalue weighted by molar-refractivity contribution is 7.99. The number of rotatable bonds is 9. The highest BCUT2D eigenvalue weighted by atomic mass is 32.2. The summed E-state index contributed by atoms with van der Waals surface area (Å²) in [5.41, 5.74) is 3.72. The Hall–Kier alpha value is -2.65. The normalized spacial score (nSPS) is 15.1. The molecule has 3 aromatic rings. The lowest BCUT2D eigenvalue weighted by atomic mass is 9.88. The van der Waals surface area contributed by atoms with Crippen molar-refractivity contribution in [1.82, 2.24) is 14.8 Å². The van der Waals surface area contributed by atoms with E-state index >= 15 is 0 Å². The Labute approximate surface area is 208 Å². The molecule has 180 valence electrons. The Bertz CT molecular complexity index is 1150. The summed E-state index contributed by atoms with van der Waals surface area (Å²) < 4.78 is 7.13. The predicted molar refractivity (Wildman–Crippen MR) is 137 cm³/mol. The van der Waals surface area contributed by atoms with E-state index in [9.17, 15) is 9.59 Å². The van der Waals surface area contributed by atoms with Gasteiger partial charge in [-0.2, -0.15) is 0 Å². The van der Waals surface area contributed by atoms with E-state index in [-0.39, 0.29) is 17.6 Å². The maximum absolute atomic E-state index is 12.6. The van der Waals surface area contributed by atoms with E-state index in [0.717, 1.165) is 42.7 Å². The molecule has 0 fully saturated rings. The second kappa shape index (κ2) is 11.2. The van der Waals surface area contributed by atoms with Gasteiger partial charge in [0.2, 0.25) is 5.91 Å². The highest BCUT2D eigenvalue weighted by Crippen LogP contribution is 2.38. The first-order valence-electron chi connectivity index (χ1n) is 11.7. The van der Waals surface area contributed by atoms with E-state index in [2.05, 4.69) is 39.3 Å². The fraction of sp³-hybridized carbons (Fsp3) is 0.440. The van der Waals surface area contributed by atoms with Gasteiger partial charge in [-0.05, 0) is 68.4 Å². The van der Waals surface area contributed by atoms with Crippen LogP contribution in [0.5, 0.6) is 0 Å². The van der Waals surface area contributed by atoms with Crippen molar-refractivity contribution in [3.63, 3.8) is 0 Å². The standard InChI is InChI=1S/C25H30N4O3S2/c1-4-12-29-23(20-14-33-21-13-16(3)6-11-19(20)21)27-28-25(29)34-15-22(30)26-18-9-7-17(8-10-18)24(31)32-5-2/h7-10,14,16H,4-6,11-13,15H2,1-3H3,(H,26,30). The molecular weight excluding hydrogens is 468 g/mol. The summed E-state index contributed by atoms with van der Waals surface area (Å²) in [6.45, 7) is 7.35. The molecular formula is C25H30N4O3S2. The van der Waals surface area contributed by atoms with Crippen molar-refractivity contribution in [3.8, 4) is 11.4 Å². The smallest absolute Gasteiger partial charge is 0.338 e. The molecule has 34 heavy (non-hydrogen) atoms. The van der Waals surface area contributed by atoms with Crippen LogP contribution in [0.25, 0.3) is 11.4 Å². The van der Waals surface area contributed by atoms with Crippen molar-refractivity contribution in [1.29, 1.82) is 0 Å². The predicted octanol–water partition coefficient (Wildman–Crippen LogP) is 5.45. The summed E-state index contributed by atoms with van der Waals surface area (Å²) in [7, 11) is 0. The fourth-order valence-electron chi connectivity index (χ4n) is 4.12. The average Bonchev–Trinajstić information content (AvgIpc) is 3.42. The van der Waals surface area contributed by atoms with Crippen LogP contribution in [-0.2, 0) is 28.9 Å². The van der Waals surface area contributed by atoms with Gasteiger partial charge in [0, 0.05) is 28.1 Å². The van der Waals surface area contributed by atoms with Crippen LogP contribution in [0.3, 0.4) is 0 Å². The first-order valence-corrected chi connectivity index (χ1v) is 13.6. The molecule has 0 aliphatic heterocycles. The highest BCUT2D eigenvalue weighted by Gasteiger charge is 2.24. The van der Waals surface area contributed by atoms with Gasteiger partial charge in [-0.3, -0.25) is 4.79 Å². The lowest BCUT2D eigenvalue weighted by Gasteiger charge is -2.19. The van der Waals surface area contributed by atoms with Gasteiger partial charge in [0.15, 0.2) is 11.0 Å². The number of fused-ring (bicyclic) bond motifs is 1. The van der Waals surface area contributed by atoms with E-state index < -0.39 is 0 Å². The molecule has 2 aromatic heterocycles. The molecule has 1 amide bonds. The number of hydrogen-bond acceptors (Lipinski definition) is 7. The zero-order valence-electron chi connectivity index (χ0n) is 19.8. The zero-order chi connectivity index (χ0) is 24.1. The van der Waals surface area contributed by atoms with Crippen LogP contribution in [0, 0.1) is 5.92 Å². The number of hydrogen-bond donors (Lipinski definition) is 1. The number of thiophene rings is 1. The molecule has 1 aromatic carbocycles. The largest absolute Gasteiger partial charge is 0.462 e. The summed E-state index contributed by atoms with van der Waals surface area (Å²) in [5.74, 6) is 1.36. The van der Waals surface area contributed by atoms with Gasteiger partial charge in [-0.25, -0.2) is 4.79 Å². The molecule has 7 nitrogen and oxygen atoms in total. The number of benzene rings is 1. The van der Waals surface area contributed by atoms with Crippen molar-refractivity contribution >= 4 is 40.7 Å². The number of aromatic nitrogens is 3. The van der Waals surface area contributed by atoms with E-state index in [1.807, 2.05) is 11.3 Å². The zero-order valence-corrected chi connectivity index (χ0v) is 21.4. The number of nitrogens with zero attached hydrogens (tertiary/aromatic N) is 3. The van der Waals surface area contributed by atoms with Gasteiger partial charge in [0.05, 0.1) is 17.9 Å². The average molecular weight is 499 g/mol. The molecule has 0 spiro atoms. The third-order valence-corrected chi connectivity index (χ3v) is 7.84. The number of carbonyl (C=O) groups is 2. The Morgan fingerprint density at radius 1 is 1.24 bits per heavy atom. The maximum atomic E-state index is 12.6. The molecule has 0 saturated heterocycles. The van der Waals surface area contributed by atoms with Gasteiger partial charge in [0.25, 0.3) is 0 Å². The Kier molecular flexibility index (Phi) is 8.05. The summed E-state index contributed by atoms with van der Waals surface area (Å²) in [6.07, 6.45) is 4.40. The summed E-state index contributed by atoms with van der Waals surface area (Å²) in [4.78, 5) is 25.8. The molecule has 1 aliphatic rings. The van der Waals surface area contributed by atoms with Crippen molar-refractivity contribution in [2.45, 2.75) is 58.2 Å². The SMILES string of the molecule is CCCn1c(SCC(=O)Nc2ccc(C(=O)OCC)cc2)nnc1-c1csc2c1CCC(C)C2. The lowest BCUT2D eigenvalue weighted by molar-refractivity contribution is -0.113. The van der Waals surface area contributed by atoms with Crippen molar-refractivity contribution < 1.29 is 14.3 Å². The minimum absolute atomic E-state index is 0.136. The quantitative estimate of drug-likeness (QED) is 0.312. The summed E-state index contributed by atoms with van der Waals surface area (Å²) in [5, 5.41) is 14.8.